The van der Waals surface area contributed by atoms with E-state index in [-0.39, 0.29) is 35.5 Å². The van der Waals surface area contributed by atoms with Crippen LogP contribution in [0.3, 0.4) is 0 Å². The van der Waals surface area contributed by atoms with Crippen molar-refractivity contribution in [2.75, 3.05) is 6.79 Å². The van der Waals surface area contributed by atoms with Crippen molar-refractivity contribution < 1.29 is 34.7 Å². The number of benzene rings is 2. The van der Waals surface area contributed by atoms with Crippen LogP contribution in [0, 0.1) is 11.8 Å². The van der Waals surface area contributed by atoms with Crippen molar-refractivity contribution in [3.05, 3.63) is 53.1 Å². The minimum Gasteiger partial charge on any atom is -0.504 e. The molecule has 1 saturated carbocycles. The fraction of sp³-hybridized carbons (Fsp3) is 0.400. The molecule has 5 rings (SSSR count). The zero-order valence-electron chi connectivity index (χ0n) is 19.0. The summed E-state index contributed by atoms with van der Waals surface area (Å²) >= 11 is 0. The Hall–Kier alpha value is -3.47. The third-order valence-corrected chi connectivity index (χ3v) is 7.29. The average molecular weight is 482 g/mol. The number of hydrogen-bond acceptors (Lipinski definition) is 9. The predicted octanol–water partition coefficient (Wildman–Crippen LogP) is 1.16. The standard InChI is InChI=1S/C25H27N3O7/c1-11(8-14(28-26-2)12-6-4-3-5-7-12)16-17-13-9-15-24(35-10-34-15)21(30)18(13)25(33)27-19(17)22(31)23(32)20(16)29/h3-7,9,11,16-17,19-20,22-23,29-32H,2,8,10H2,1H3,(H,27,33)/b28-14-. The second kappa shape index (κ2) is 8.95. The number of nitrogens with one attached hydrogen (secondary N) is 1. The van der Waals surface area contributed by atoms with E-state index in [1.54, 1.807) is 6.07 Å². The van der Waals surface area contributed by atoms with Gasteiger partial charge in [-0.05, 0) is 35.4 Å². The van der Waals surface area contributed by atoms with Crippen LogP contribution in [0.4, 0.5) is 0 Å². The van der Waals surface area contributed by atoms with Gasteiger partial charge in [0.2, 0.25) is 12.5 Å². The van der Waals surface area contributed by atoms with Crippen molar-refractivity contribution in [1.29, 1.82) is 0 Å². The lowest BCUT2D eigenvalue weighted by atomic mass is 9.61. The summed E-state index contributed by atoms with van der Waals surface area (Å²) in [5.74, 6) is -2.16. The highest BCUT2D eigenvalue weighted by molar-refractivity contribution is 6.02. The highest BCUT2D eigenvalue weighted by atomic mass is 16.7. The number of hydrogen-bond donors (Lipinski definition) is 5. The normalized spacial score (nSPS) is 30.2. The molecule has 1 aliphatic carbocycles. The number of fused-ring (bicyclic) bond motifs is 4. The highest BCUT2D eigenvalue weighted by Crippen LogP contribution is 2.53. The van der Waals surface area contributed by atoms with Gasteiger partial charge in [0.15, 0.2) is 11.5 Å². The third-order valence-electron chi connectivity index (χ3n) is 7.29. The molecular formula is C25H27N3O7. The molecule has 2 aromatic rings. The van der Waals surface area contributed by atoms with Crippen molar-refractivity contribution >= 4 is 18.3 Å². The largest absolute Gasteiger partial charge is 0.504 e. The van der Waals surface area contributed by atoms with Crippen LogP contribution in [0.1, 0.15) is 40.7 Å². The molecule has 7 atom stereocenters. The molecule has 2 aromatic carbocycles. The Bertz CT molecular complexity index is 1190. The topological polar surface area (TPSA) is 153 Å². The van der Waals surface area contributed by atoms with Crippen molar-refractivity contribution in [3.63, 3.8) is 0 Å². The van der Waals surface area contributed by atoms with Crippen LogP contribution in [0.5, 0.6) is 17.2 Å². The van der Waals surface area contributed by atoms with E-state index in [0.29, 0.717) is 17.7 Å². The molecule has 3 aliphatic rings. The second-order valence-electron chi connectivity index (χ2n) is 9.23. The minimum atomic E-state index is -1.48. The SMILES string of the molecule is C=N/N=C(/CC(C)C1C(O)C(O)C(O)C2NC(=O)c3c(cc4c(c3O)OCO4)C21)c1ccccc1. The number of rotatable bonds is 5. The smallest absolute Gasteiger partial charge is 0.255 e. The molecule has 184 valence electrons. The monoisotopic (exact) mass is 481 g/mol. The van der Waals surface area contributed by atoms with Gasteiger partial charge < -0.3 is 35.2 Å². The molecule has 10 nitrogen and oxygen atoms in total. The summed E-state index contributed by atoms with van der Waals surface area (Å²) in [6.45, 7) is 5.27. The molecule has 1 fully saturated rings. The predicted molar refractivity (Wildman–Crippen MR) is 126 cm³/mol. The Morgan fingerprint density at radius 2 is 1.91 bits per heavy atom. The zero-order chi connectivity index (χ0) is 24.9. The number of phenolic OH excluding ortho intramolecular Hbond substituents is 1. The number of phenols is 1. The van der Waals surface area contributed by atoms with Crippen LogP contribution in [-0.4, -0.2) is 69.9 Å². The highest BCUT2D eigenvalue weighted by Gasteiger charge is 2.55. The fourth-order valence-corrected chi connectivity index (χ4v) is 5.72. The van der Waals surface area contributed by atoms with E-state index in [9.17, 15) is 25.2 Å². The van der Waals surface area contributed by atoms with E-state index in [1.165, 1.54) is 0 Å². The van der Waals surface area contributed by atoms with Gasteiger partial charge in [-0.25, -0.2) is 0 Å². The molecule has 5 N–H and O–H groups in total. The lowest BCUT2D eigenvalue weighted by Gasteiger charge is -2.51. The average Bonchev–Trinajstić information content (AvgIpc) is 3.33. The molecule has 2 aliphatic heterocycles. The number of ether oxygens (including phenoxy) is 2. The van der Waals surface area contributed by atoms with Gasteiger partial charge in [-0.2, -0.15) is 10.2 Å². The summed E-state index contributed by atoms with van der Waals surface area (Å²) < 4.78 is 10.8. The zero-order valence-corrected chi connectivity index (χ0v) is 19.0. The first-order valence-electron chi connectivity index (χ1n) is 11.4. The summed E-state index contributed by atoms with van der Waals surface area (Å²) in [6, 6.07) is 10.1. The van der Waals surface area contributed by atoms with Crippen molar-refractivity contribution in [2.24, 2.45) is 22.0 Å². The van der Waals surface area contributed by atoms with E-state index in [1.807, 2.05) is 37.3 Å². The van der Waals surface area contributed by atoms with Crippen molar-refractivity contribution in [2.45, 2.75) is 43.6 Å². The maximum absolute atomic E-state index is 13.0. The number of aliphatic hydroxyl groups excluding tert-OH is 3. The molecule has 7 unspecified atom stereocenters. The Labute approximate surface area is 201 Å². The third kappa shape index (κ3) is 3.74. The van der Waals surface area contributed by atoms with Gasteiger partial charge in [-0.15, -0.1) is 0 Å². The fourth-order valence-electron chi connectivity index (χ4n) is 5.72. The molecule has 0 radical (unpaired) electrons. The van der Waals surface area contributed by atoms with Gasteiger partial charge >= 0.3 is 0 Å². The lowest BCUT2D eigenvalue weighted by molar-refractivity contribution is -0.140. The van der Waals surface area contributed by atoms with Gasteiger partial charge in [0.05, 0.1) is 23.4 Å². The van der Waals surface area contributed by atoms with Crippen LogP contribution >= 0.6 is 0 Å². The second-order valence-corrected chi connectivity index (χ2v) is 9.23. The lowest BCUT2D eigenvalue weighted by Crippen LogP contribution is -2.65. The number of carbonyl (C=O) groups excluding carboxylic acids is 1. The Kier molecular flexibility index (Phi) is 5.96. The molecule has 0 bridgehead atoms. The van der Waals surface area contributed by atoms with Crippen molar-refractivity contribution in [1.82, 2.24) is 5.32 Å². The van der Waals surface area contributed by atoms with Crippen LogP contribution in [0.15, 0.2) is 46.6 Å². The van der Waals surface area contributed by atoms with Gasteiger partial charge in [0.25, 0.3) is 5.91 Å². The number of carbonyl (C=O) groups is 1. The van der Waals surface area contributed by atoms with Gasteiger partial charge in [-0.3, -0.25) is 4.79 Å². The first kappa shape index (κ1) is 23.3. The van der Waals surface area contributed by atoms with Crippen molar-refractivity contribution in [3.8, 4) is 17.2 Å². The van der Waals surface area contributed by atoms with Gasteiger partial charge in [0.1, 0.15) is 12.2 Å². The van der Waals surface area contributed by atoms with Crippen LogP contribution in [-0.2, 0) is 0 Å². The van der Waals surface area contributed by atoms with E-state index >= 15 is 0 Å². The quantitative estimate of drug-likeness (QED) is 0.317. The van der Waals surface area contributed by atoms with Gasteiger partial charge in [-0.1, -0.05) is 37.3 Å². The van der Waals surface area contributed by atoms with E-state index in [0.717, 1.165) is 5.56 Å². The van der Waals surface area contributed by atoms with E-state index in [4.69, 9.17) is 9.47 Å². The summed E-state index contributed by atoms with van der Waals surface area (Å²) in [5.41, 5.74) is 1.91. The van der Waals surface area contributed by atoms with E-state index < -0.39 is 42.1 Å². The minimum absolute atomic E-state index is 0.00759. The molecule has 35 heavy (non-hydrogen) atoms. The summed E-state index contributed by atoms with van der Waals surface area (Å²) in [7, 11) is 0. The summed E-state index contributed by atoms with van der Waals surface area (Å²) in [5, 5.41) is 54.1. The molecule has 0 aromatic heterocycles. The first-order chi connectivity index (χ1) is 16.8. The Balaban J connectivity index is 1.59. The first-order valence-corrected chi connectivity index (χ1v) is 11.4. The van der Waals surface area contributed by atoms with E-state index in [2.05, 4.69) is 22.2 Å². The maximum Gasteiger partial charge on any atom is 0.255 e. The molecule has 0 spiro atoms. The number of aromatic hydroxyl groups is 1. The summed E-state index contributed by atoms with van der Waals surface area (Å²) in [4.78, 5) is 13.0. The molecule has 10 heteroatoms. The molecular weight excluding hydrogens is 454 g/mol. The van der Waals surface area contributed by atoms with Crippen LogP contribution < -0.4 is 14.8 Å². The number of aliphatic hydroxyl groups is 3. The molecule has 0 saturated heterocycles. The molecule has 1 amide bonds. The van der Waals surface area contributed by atoms with Gasteiger partial charge in [0, 0.05) is 12.6 Å². The summed E-state index contributed by atoms with van der Waals surface area (Å²) in [6.07, 6.45) is -3.84. The maximum atomic E-state index is 13.0. The number of nitrogens with zero attached hydrogens (tertiary/aromatic N) is 2. The number of amides is 1. The molecule has 2 heterocycles. The van der Waals surface area contributed by atoms with Crippen LogP contribution in [0.25, 0.3) is 0 Å². The van der Waals surface area contributed by atoms with Crippen LogP contribution in [0.2, 0.25) is 0 Å². The Morgan fingerprint density at radius 1 is 1.17 bits per heavy atom. The Morgan fingerprint density at radius 3 is 2.63 bits per heavy atom.